The number of hydrogen-bond donors (Lipinski definition) is 0. The molecule has 5 nitrogen and oxygen atoms in total. The van der Waals surface area contributed by atoms with Gasteiger partial charge in [0.2, 0.25) is 0 Å². The Morgan fingerprint density at radius 2 is 2.37 bits per heavy atom. The van der Waals surface area contributed by atoms with Crippen molar-refractivity contribution in [1.82, 2.24) is 14.8 Å². The van der Waals surface area contributed by atoms with Crippen molar-refractivity contribution in [3.8, 4) is 11.3 Å². The molecule has 3 heterocycles. The van der Waals surface area contributed by atoms with E-state index in [1.54, 1.807) is 17.1 Å². The molecular formula is C14H13N3O2. The standard InChI is InChI=1S/C14H13N3O2/c1-9-6-12(19-14(9)18)11-4-3-5-15-13(11)10-7-16-17(2)8-10/h3-5,7-8,12H,1,6H2,2H3. The second-order valence-corrected chi connectivity index (χ2v) is 4.55. The molecule has 1 aliphatic rings. The van der Waals surface area contributed by atoms with E-state index in [0.717, 1.165) is 16.8 Å². The summed E-state index contributed by atoms with van der Waals surface area (Å²) in [6.45, 7) is 3.71. The predicted octanol–water partition coefficient (Wildman–Crippen LogP) is 2.03. The van der Waals surface area contributed by atoms with Crippen molar-refractivity contribution >= 4 is 5.97 Å². The zero-order valence-corrected chi connectivity index (χ0v) is 10.5. The molecule has 1 atom stereocenters. The molecule has 1 saturated heterocycles. The SMILES string of the molecule is C=C1CC(c2cccnc2-c2cnn(C)c2)OC1=O. The van der Waals surface area contributed by atoms with Crippen molar-refractivity contribution in [3.05, 3.63) is 48.4 Å². The largest absolute Gasteiger partial charge is 0.454 e. The molecule has 2 aromatic heterocycles. The van der Waals surface area contributed by atoms with Crippen LogP contribution in [0.4, 0.5) is 0 Å². The quantitative estimate of drug-likeness (QED) is 0.608. The Morgan fingerprint density at radius 3 is 3.00 bits per heavy atom. The van der Waals surface area contributed by atoms with Crippen LogP contribution in [-0.4, -0.2) is 20.7 Å². The van der Waals surface area contributed by atoms with Gasteiger partial charge in [0.05, 0.1) is 11.9 Å². The number of ether oxygens (including phenoxy) is 1. The number of esters is 1. The fourth-order valence-electron chi connectivity index (χ4n) is 2.20. The first-order valence-electron chi connectivity index (χ1n) is 5.98. The maximum Gasteiger partial charge on any atom is 0.334 e. The van der Waals surface area contributed by atoms with Gasteiger partial charge in [0.15, 0.2) is 0 Å². The first kappa shape index (κ1) is 11.6. The Hall–Kier alpha value is -2.43. The lowest BCUT2D eigenvalue weighted by atomic mass is 10.0. The van der Waals surface area contributed by atoms with E-state index < -0.39 is 0 Å². The smallest absolute Gasteiger partial charge is 0.334 e. The molecular weight excluding hydrogens is 242 g/mol. The number of pyridine rings is 1. The minimum Gasteiger partial charge on any atom is -0.454 e. The molecule has 0 spiro atoms. The van der Waals surface area contributed by atoms with E-state index in [-0.39, 0.29) is 12.1 Å². The van der Waals surface area contributed by atoms with Crippen molar-refractivity contribution in [2.24, 2.45) is 7.05 Å². The number of carbonyl (C=O) groups is 1. The molecule has 0 aliphatic carbocycles. The molecule has 1 unspecified atom stereocenters. The van der Waals surface area contributed by atoms with E-state index >= 15 is 0 Å². The summed E-state index contributed by atoms with van der Waals surface area (Å²) in [5, 5.41) is 4.14. The van der Waals surface area contributed by atoms with Gasteiger partial charge in [-0.05, 0) is 6.07 Å². The van der Waals surface area contributed by atoms with E-state index in [2.05, 4.69) is 16.7 Å². The predicted molar refractivity (Wildman–Crippen MR) is 69.0 cm³/mol. The third-order valence-corrected chi connectivity index (χ3v) is 3.13. The van der Waals surface area contributed by atoms with Crippen LogP contribution in [0.1, 0.15) is 18.1 Å². The molecule has 1 aliphatic heterocycles. The maximum absolute atomic E-state index is 11.5. The lowest BCUT2D eigenvalue weighted by Crippen LogP contribution is -2.02. The molecule has 0 bridgehead atoms. The highest BCUT2D eigenvalue weighted by atomic mass is 16.5. The highest BCUT2D eigenvalue weighted by molar-refractivity contribution is 5.90. The Balaban J connectivity index is 2.03. The number of hydrogen-bond acceptors (Lipinski definition) is 4. The van der Waals surface area contributed by atoms with Crippen molar-refractivity contribution in [2.75, 3.05) is 0 Å². The molecule has 3 rings (SSSR count). The van der Waals surface area contributed by atoms with Gasteiger partial charge in [0.25, 0.3) is 0 Å². The molecule has 0 amide bonds. The van der Waals surface area contributed by atoms with Gasteiger partial charge in [-0.15, -0.1) is 0 Å². The monoisotopic (exact) mass is 255 g/mol. The highest BCUT2D eigenvalue weighted by Gasteiger charge is 2.30. The molecule has 19 heavy (non-hydrogen) atoms. The van der Waals surface area contributed by atoms with E-state index in [4.69, 9.17) is 4.74 Å². The van der Waals surface area contributed by atoms with Gasteiger partial charge in [0.1, 0.15) is 6.10 Å². The first-order valence-corrected chi connectivity index (χ1v) is 5.98. The minimum atomic E-state index is -0.328. The number of aromatic nitrogens is 3. The normalized spacial score (nSPS) is 18.7. The van der Waals surface area contributed by atoms with Crippen molar-refractivity contribution in [2.45, 2.75) is 12.5 Å². The van der Waals surface area contributed by atoms with E-state index in [1.807, 2.05) is 25.4 Å². The number of carbonyl (C=O) groups excluding carboxylic acids is 1. The van der Waals surface area contributed by atoms with E-state index in [1.165, 1.54) is 0 Å². The average molecular weight is 255 g/mol. The van der Waals surface area contributed by atoms with Crippen LogP contribution in [0.3, 0.4) is 0 Å². The molecule has 0 aromatic carbocycles. The second kappa shape index (κ2) is 4.35. The van der Waals surface area contributed by atoms with Crippen LogP contribution >= 0.6 is 0 Å². The first-order chi connectivity index (χ1) is 9.15. The topological polar surface area (TPSA) is 57.0 Å². The third-order valence-electron chi connectivity index (χ3n) is 3.13. The zero-order valence-electron chi connectivity index (χ0n) is 10.5. The van der Waals surface area contributed by atoms with Crippen LogP contribution in [0.2, 0.25) is 0 Å². The molecule has 2 aromatic rings. The summed E-state index contributed by atoms with van der Waals surface area (Å²) in [5.74, 6) is -0.328. The van der Waals surface area contributed by atoms with Gasteiger partial charge in [-0.25, -0.2) is 4.79 Å². The summed E-state index contributed by atoms with van der Waals surface area (Å²) in [4.78, 5) is 15.8. The molecule has 0 radical (unpaired) electrons. The summed E-state index contributed by atoms with van der Waals surface area (Å²) < 4.78 is 7.04. The summed E-state index contributed by atoms with van der Waals surface area (Å²) >= 11 is 0. The van der Waals surface area contributed by atoms with Crippen LogP contribution < -0.4 is 0 Å². The number of cyclic esters (lactones) is 1. The Bertz CT molecular complexity index is 644. The van der Waals surface area contributed by atoms with Crippen LogP contribution in [0.25, 0.3) is 11.3 Å². The van der Waals surface area contributed by atoms with Crippen molar-refractivity contribution in [1.29, 1.82) is 0 Å². The second-order valence-electron chi connectivity index (χ2n) is 4.55. The lowest BCUT2D eigenvalue weighted by molar-refractivity contribution is -0.139. The van der Waals surface area contributed by atoms with Gasteiger partial charge >= 0.3 is 5.97 Å². The summed E-state index contributed by atoms with van der Waals surface area (Å²) in [6, 6.07) is 3.76. The van der Waals surface area contributed by atoms with Gasteiger partial charge in [0, 0.05) is 42.6 Å². The van der Waals surface area contributed by atoms with Gasteiger partial charge < -0.3 is 4.74 Å². The molecule has 0 N–H and O–H groups in total. The van der Waals surface area contributed by atoms with Crippen LogP contribution in [0.15, 0.2) is 42.9 Å². The van der Waals surface area contributed by atoms with Gasteiger partial charge in [-0.2, -0.15) is 5.10 Å². The minimum absolute atomic E-state index is 0.302. The molecule has 96 valence electrons. The highest BCUT2D eigenvalue weighted by Crippen LogP contribution is 2.36. The van der Waals surface area contributed by atoms with Crippen LogP contribution in [-0.2, 0) is 16.6 Å². The molecule has 0 saturated carbocycles. The summed E-state index contributed by atoms with van der Waals surface area (Å²) in [7, 11) is 1.85. The number of rotatable bonds is 2. The van der Waals surface area contributed by atoms with Crippen molar-refractivity contribution in [3.63, 3.8) is 0 Å². The third kappa shape index (κ3) is 2.03. The average Bonchev–Trinajstić information content (AvgIpc) is 2.97. The van der Waals surface area contributed by atoms with Crippen LogP contribution in [0, 0.1) is 0 Å². The van der Waals surface area contributed by atoms with E-state index in [9.17, 15) is 4.79 Å². The Kier molecular flexibility index (Phi) is 2.67. The summed E-state index contributed by atoms with van der Waals surface area (Å²) in [5.41, 5.74) is 3.10. The maximum atomic E-state index is 11.5. The zero-order chi connectivity index (χ0) is 13.4. The number of aryl methyl sites for hydroxylation is 1. The number of nitrogens with zero attached hydrogens (tertiary/aromatic N) is 3. The Labute approximate surface area is 110 Å². The van der Waals surface area contributed by atoms with Crippen molar-refractivity contribution < 1.29 is 9.53 Å². The Morgan fingerprint density at radius 1 is 1.53 bits per heavy atom. The lowest BCUT2D eigenvalue weighted by Gasteiger charge is -2.12. The molecule has 1 fully saturated rings. The van der Waals surface area contributed by atoms with Crippen LogP contribution in [0.5, 0.6) is 0 Å². The van der Waals surface area contributed by atoms with Gasteiger partial charge in [-0.1, -0.05) is 12.6 Å². The van der Waals surface area contributed by atoms with Gasteiger partial charge in [-0.3, -0.25) is 9.67 Å². The fraction of sp³-hybridized carbons (Fsp3) is 0.214. The van der Waals surface area contributed by atoms with E-state index in [0.29, 0.717) is 12.0 Å². The molecule has 5 heteroatoms. The fourth-order valence-corrected chi connectivity index (χ4v) is 2.20. The summed E-state index contributed by atoms with van der Waals surface area (Å²) in [6.07, 6.45) is 5.56.